The Kier molecular flexibility index (Phi) is 4.02. The Morgan fingerprint density at radius 2 is 2.27 bits per heavy atom. The molecule has 0 radical (unpaired) electrons. The lowest BCUT2D eigenvalue weighted by Crippen LogP contribution is -2.22. The van der Waals surface area contributed by atoms with Crippen molar-refractivity contribution < 1.29 is 9.53 Å². The molecule has 22 heavy (non-hydrogen) atoms. The van der Waals surface area contributed by atoms with Crippen molar-refractivity contribution in [2.24, 2.45) is 0 Å². The van der Waals surface area contributed by atoms with E-state index in [-0.39, 0.29) is 5.78 Å². The van der Waals surface area contributed by atoms with Crippen molar-refractivity contribution >= 4 is 17.7 Å². The summed E-state index contributed by atoms with van der Waals surface area (Å²) >= 11 is 0. The number of Topliss-reactive ketones (excluding diaryl/α,β-unsaturated/α-hetero) is 1. The summed E-state index contributed by atoms with van der Waals surface area (Å²) < 4.78 is 6.91. The number of likely N-dealkylation sites (N-methyl/N-ethyl adjacent to an activating group) is 1. The normalized spacial score (nSPS) is 15.4. The molecule has 0 unspecified atom stereocenters. The molecule has 0 saturated carbocycles. The molecule has 0 N–H and O–H groups in total. The van der Waals surface area contributed by atoms with Crippen molar-refractivity contribution in [1.82, 2.24) is 14.5 Å². The van der Waals surface area contributed by atoms with E-state index in [1.54, 1.807) is 19.5 Å². The van der Waals surface area contributed by atoms with Crippen LogP contribution in [0.15, 0.2) is 36.3 Å². The van der Waals surface area contributed by atoms with E-state index in [1.165, 1.54) is 0 Å². The number of anilines is 1. The first-order chi connectivity index (χ1) is 10.7. The van der Waals surface area contributed by atoms with Crippen LogP contribution in [0, 0.1) is 0 Å². The molecule has 0 fully saturated rings. The second-order valence-corrected chi connectivity index (χ2v) is 5.24. The molecule has 0 spiro atoms. The number of carbonyl (C=O) groups excluding carboxylic acids is 1. The number of nitrogens with zero attached hydrogens (tertiary/aromatic N) is 4. The molecule has 0 saturated heterocycles. The number of carbonyl (C=O) groups is 1. The molecule has 6 heteroatoms. The molecule has 0 bridgehead atoms. The van der Waals surface area contributed by atoms with Gasteiger partial charge in [-0.15, -0.1) is 0 Å². The van der Waals surface area contributed by atoms with Crippen LogP contribution in [-0.4, -0.2) is 47.6 Å². The number of methoxy groups -OCH3 is 1. The van der Waals surface area contributed by atoms with Crippen molar-refractivity contribution in [3.8, 4) is 0 Å². The van der Waals surface area contributed by atoms with Gasteiger partial charge in [-0.2, -0.15) is 0 Å². The molecule has 1 aliphatic heterocycles. The van der Waals surface area contributed by atoms with E-state index in [1.807, 2.05) is 40.9 Å². The zero-order valence-corrected chi connectivity index (χ0v) is 12.7. The Morgan fingerprint density at radius 1 is 1.41 bits per heavy atom. The molecule has 1 aliphatic rings. The maximum Gasteiger partial charge on any atom is 0.226 e. The van der Waals surface area contributed by atoms with Crippen LogP contribution in [0.4, 0.5) is 5.82 Å². The van der Waals surface area contributed by atoms with Crippen LogP contribution in [0.2, 0.25) is 0 Å². The second kappa shape index (κ2) is 6.11. The third kappa shape index (κ3) is 2.78. The summed E-state index contributed by atoms with van der Waals surface area (Å²) in [6, 6.07) is 3.91. The van der Waals surface area contributed by atoms with E-state index in [0.717, 1.165) is 23.5 Å². The van der Waals surface area contributed by atoms with Crippen LogP contribution in [0.25, 0.3) is 6.08 Å². The fraction of sp³-hybridized carbons (Fsp3) is 0.312. The smallest absolute Gasteiger partial charge is 0.226 e. The van der Waals surface area contributed by atoms with Gasteiger partial charge in [-0.05, 0) is 23.8 Å². The summed E-state index contributed by atoms with van der Waals surface area (Å²) in [6.07, 6.45) is 7.12. The van der Waals surface area contributed by atoms with E-state index >= 15 is 0 Å². The Bertz CT molecular complexity index is 703. The number of rotatable bonds is 5. The Morgan fingerprint density at radius 3 is 2.95 bits per heavy atom. The highest BCUT2D eigenvalue weighted by molar-refractivity contribution is 6.11. The Labute approximate surface area is 129 Å². The average Bonchev–Trinajstić information content (AvgIpc) is 3.10. The lowest BCUT2D eigenvalue weighted by molar-refractivity contribution is 0.103. The summed E-state index contributed by atoms with van der Waals surface area (Å²) in [7, 11) is 3.65. The SMILES string of the molecule is COCCN(C)c1ccc(C=C2Cn3ccnc3C2=O)cn1. The van der Waals surface area contributed by atoms with Crippen LogP contribution in [0.5, 0.6) is 0 Å². The van der Waals surface area contributed by atoms with Gasteiger partial charge in [-0.25, -0.2) is 9.97 Å². The molecule has 2 aromatic heterocycles. The standard InChI is InChI=1S/C16H18N4O2/c1-19(7-8-22-2)14-4-3-12(10-18-14)9-13-11-20-6-5-17-16(20)15(13)21/h3-6,9-10H,7-8,11H2,1-2H3. The minimum Gasteiger partial charge on any atom is -0.383 e. The molecular weight excluding hydrogens is 280 g/mol. The van der Waals surface area contributed by atoms with Gasteiger partial charge in [-0.1, -0.05) is 0 Å². The van der Waals surface area contributed by atoms with Crippen molar-refractivity contribution in [1.29, 1.82) is 0 Å². The predicted octanol–water partition coefficient (Wildman–Crippen LogP) is 1.64. The van der Waals surface area contributed by atoms with Gasteiger partial charge >= 0.3 is 0 Å². The fourth-order valence-electron chi connectivity index (χ4n) is 2.41. The highest BCUT2D eigenvalue weighted by atomic mass is 16.5. The third-order valence-corrected chi connectivity index (χ3v) is 3.68. The van der Waals surface area contributed by atoms with Crippen LogP contribution < -0.4 is 4.90 Å². The first kappa shape index (κ1) is 14.5. The number of imidazole rings is 1. The molecule has 0 amide bonds. The lowest BCUT2D eigenvalue weighted by atomic mass is 10.1. The quantitative estimate of drug-likeness (QED) is 0.785. The Hall–Kier alpha value is -2.47. The summed E-state index contributed by atoms with van der Waals surface area (Å²) in [5.74, 6) is 1.38. The molecule has 2 aromatic rings. The number of ether oxygens (including phenoxy) is 1. The Balaban J connectivity index is 1.73. The monoisotopic (exact) mass is 298 g/mol. The van der Waals surface area contributed by atoms with Crippen LogP contribution in [-0.2, 0) is 11.3 Å². The number of fused-ring (bicyclic) bond motifs is 1. The van der Waals surface area contributed by atoms with Crippen molar-refractivity contribution in [3.63, 3.8) is 0 Å². The predicted molar refractivity (Wildman–Crippen MR) is 83.9 cm³/mol. The zero-order chi connectivity index (χ0) is 15.5. The second-order valence-electron chi connectivity index (χ2n) is 5.24. The molecule has 3 rings (SSSR count). The molecule has 114 valence electrons. The number of aromatic nitrogens is 3. The number of hydrogen-bond donors (Lipinski definition) is 0. The number of ketones is 1. The highest BCUT2D eigenvalue weighted by Gasteiger charge is 2.25. The number of hydrogen-bond acceptors (Lipinski definition) is 5. The van der Waals surface area contributed by atoms with E-state index < -0.39 is 0 Å². The average molecular weight is 298 g/mol. The summed E-state index contributed by atoms with van der Waals surface area (Å²) in [5.41, 5.74) is 1.66. The van der Waals surface area contributed by atoms with E-state index in [4.69, 9.17) is 4.74 Å². The molecule has 0 aromatic carbocycles. The third-order valence-electron chi connectivity index (χ3n) is 3.68. The molecule has 0 atom stereocenters. The number of allylic oxidation sites excluding steroid dienone is 1. The minimum atomic E-state index is -0.00807. The molecule has 3 heterocycles. The van der Waals surface area contributed by atoms with E-state index in [0.29, 0.717) is 19.0 Å². The topological polar surface area (TPSA) is 60.2 Å². The highest BCUT2D eigenvalue weighted by Crippen LogP contribution is 2.21. The van der Waals surface area contributed by atoms with E-state index in [9.17, 15) is 4.79 Å². The van der Waals surface area contributed by atoms with Gasteiger partial charge in [0.15, 0.2) is 5.82 Å². The van der Waals surface area contributed by atoms with Gasteiger partial charge < -0.3 is 14.2 Å². The fourth-order valence-corrected chi connectivity index (χ4v) is 2.41. The lowest BCUT2D eigenvalue weighted by Gasteiger charge is -2.17. The maximum atomic E-state index is 12.2. The van der Waals surface area contributed by atoms with Crippen LogP contribution in [0.3, 0.4) is 0 Å². The largest absolute Gasteiger partial charge is 0.383 e. The van der Waals surface area contributed by atoms with Gasteiger partial charge in [0.05, 0.1) is 13.2 Å². The van der Waals surface area contributed by atoms with E-state index in [2.05, 4.69) is 9.97 Å². The summed E-state index contributed by atoms with van der Waals surface area (Å²) in [4.78, 5) is 22.7. The maximum absolute atomic E-state index is 12.2. The zero-order valence-electron chi connectivity index (χ0n) is 12.7. The number of pyridine rings is 1. The first-order valence-corrected chi connectivity index (χ1v) is 7.11. The van der Waals surface area contributed by atoms with Gasteiger partial charge in [0, 0.05) is 44.9 Å². The van der Waals surface area contributed by atoms with Crippen molar-refractivity contribution in [2.75, 3.05) is 32.2 Å². The van der Waals surface area contributed by atoms with Crippen LogP contribution >= 0.6 is 0 Å². The van der Waals surface area contributed by atoms with Crippen molar-refractivity contribution in [3.05, 3.63) is 47.7 Å². The van der Waals surface area contributed by atoms with Gasteiger partial charge in [0.1, 0.15) is 5.82 Å². The minimum absolute atomic E-state index is 0.00807. The molecular formula is C16H18N4O2. The van der Waals surface area contributed by atoms with Crippen LogP contribution in [0.1, 0.15) is 16.2 Å². The summed E-state index contributed by atoms with van der Waals surface area (Å²) in [6.45, 7) is 2.01. The van der Waals surface area contributed by atoms with Gasteiger partial charge in [-0.3, -0.25) is 4.79 Å². The summed E-state index contributed by atoms with van der Waals surface area (Å²) in [5, 5.41) is 0. The molecule has 0 aliphatic carbocycles. The first-order valence-electron chi connectivity index (χ1n) is 7.11. The van der Waals surface area contributed by atoms with Crippen molar-refractivity contribution in [2.45, 2.75) is 6.54 Å². The van der Waals surface area contributed by atoms with Gasteiger partial charge in [0.2, 0.25) is 5.78 Å². The van der Waals surface area contributed by atoms with Gasteiger partial charge in [0.25, 0.3) is 0 Å². The molecule has 6 nitrogen and oxygen atoms in total.